The van der Waals surface area contributed by atoms with Crippen LogP contribution >= 0.6 is 0 Å². The Hall–Kier alpha value is -2.11. The van der Waals surface area contributed by atoms with E-state index in [-0.39, 0.29) is 11.1 Å². The van der Waals surface area contributed by atoms with E-state index in [1.807, 2.05) is 0 Å². The van der Waals surface area contributed by atoms with E-state index in [2.05, 4.69) is 17.2 Å². The summed E-state index contributed by atoms with van der Waals surface area (Å²) in [6.45, 7) is 2.09. The second-order valence-electron chi connectivity index (χ2n) is 5.63. The minimum absolute atomic E-state index is 0.257. The maximum absolute atomic E-state index is 12.2. The Morgan fingerprint density at radius 2 is 2.05 bits per heavy atom. The molecule has 1 aliphatic rings. The normalized spacial score (nSPS) is 25.3. The largest absolute Gasteiger partial charge is 0.480 e. The van der Waals surface area contributed by atoms with Gasteiger partial charge < -0.3 is 15.4 Å². The molecule has 0 aliphatic heterocycles. The van der Waals surface area contributed by atoms with Crippen LogP contribution in [0.15, 0.2) is 23.1 Å². The van der Waals surface area contributed by atoms with Crippen molar-refractivity contribution in [3.8, 4) is 0 Å². The summed E-state index contributed by atoms with van der Waals surface area (Å²) in [5.41, 5.74) is -1.24. The number of carboxylic acids is 1. The number of amides is 1. The van der Waals surface area contributed by atoms with E-state index in [9.17, 15) is 19.5 Å². The summed E-state index contributed by atoms with van der Waals surface area (Å²) < 4.78 is 0. The smallest absolute Gasteiger partial charge is 0.329 e. The van der Waals surface area contributed by atoms with Crippen molar-refractivity contribution in [3.05, 3.63) is 34.2 Å². The second kappa shape index (κ2) is 6.11. The topological polar surface area (TPSA) is 99.3 Å². The lowest BCUT2D eigenvalue weighted by molar-refractivity contribution is -0.146. The number of carboxylic acid groups (broad SMARTS) is 1. The highest BCUT2D eigenvalue weighted by molar-refractivity contribution is 5.97. The highest BCUT2D eigenvalue weighted by atomic mass is 16.4. The standard InChI is InChI=1S/C15H20N2O4/c1-2-10-5-7-15(8-6-10,14(20)21)17-13(19)11-3-4-12(18)16-9-11/h3-4,9-10H,2,5-8H2,1H3,(H,16,18)(H,17,19)(H,20,21). The number of pyridine rings is 1. The fraction of sp³-hybridized carbons (Fsp3) is 0.533. The van der Waals surface area contributed by atoms with Crippen LogP contribution < -0.4 is 10.9 Å². The van der Waals surface area contributed by atoms with E-state index in [0.29, 0.717) is 18.8 Å². The van der Waals surface area contributed by atoms with Crippen LogP contribution in [0, 0.1) is 5.92 Å². The SMILES string of the molecule is CCC1CCC(NC(=O)c2ccc(=O)[nH]c2)(C(=O)O)CC1. The van der Waals surface area contributed by atoms with Gasteiger partial charge in [-0.2, -0.15) is 0 Å². The summed E-state index contributed by atoms with van der Waals surface area (Å²) in [5.74, 6) is -0.930. The van der Waals surface area contributed by atoms with Crippen LogP contribution in [-0.2, 0) is 4.79 Å². The van der Waals surface area contributed by atoms with E-state index in [0.717, 1.165) is 19.3 Å². The van der Waals surface area contributed by atoms with Crippen molar-refractivity contribution in [1.82, 2.24) is 10.3 Å². The zero-order valence-electron chi connectivity index (χ0n) is 12.0. The summed E-state index contributed by atoms with van der Waals surface area (Å²) in [4.78, 5) is 37.2. The number of nitrogens with one attached hydrogen (secondary N) is 2. The van der Waals surface area contributed by atoms with Crippen LogP contribution in [0.4, 0.5) is 0 Å². The van der Waals surface area contributed by atoms with Crippen LogP contribution in [0.25, 0.3) is 0 Å². The molecule has 1 saturated carbocycles. The molecule has 0 atom stereocenters. The van der Waals surface area contributed by atoms with Crippen LogP contribution in [0.5, 0.6) is 0 Å². The average molecular weight is 292 g/mol. The van der Waals surface area contributed by atoms with Gasteiger partial charge in [-0.1, -0.05) is 13.3 Å². The summed E-state index contributed by atoms with van der Waals surface area (Å²) in [7, 11) is 0. The minimum atomic E-state index is -1.20. The third-order valence-electron chi connectivity index (χ3n) is 4.34. The Balaban J connectivity index is 2.13. The molecule has 2 rings (SSSR count). The molecule has 114 valence electrons. The number of carbonyl (C=O) groups excluding carboxylic acids is 1. The summed E-state index contributed by atoms with van der Waals surface area (Å²) >= 11 is 0. The Morgan fingerprint density at radius 1 is 1.38 bits per heavy atom. The van der Waals surface area contributed by atoms with Gasteiger partial charge in [0, 0.05) is 12.3 Å². The molecule has 0 radical (unpaired) electrons. The Bertz CT molecular complexity index is 565. The van der Waals surface area contributed by atoms with Crippen molar-refractivity contribution in [1.29, 1.82) is 0 Å². The molecule has 1 amide bonds. The van der Waals surface area contributed by atoms with Gasteiger partial charge in [0.1, 0.15) is 5.54 Å². The van der Waals surface area contributed by atoms with Crippen LogP contribution in [0.2, 0.25) is 0 Å². The fourth-order valence-corrected chi connectivity index (χ4v) is 2.81. The third kappa shape index (κ3) is 3.32. The number of rotatable bonds is 4. The number of aliphatic carboxylic acids is 1. The maximum Gasteiger partial charge on any atom is 0.329 e. The molecular formula is C15H20N2O4. The zero-order valence-corrected chi connectivity index (χ0v) is 12.0. The quantitative estimate of drug-likeness (QED) is 0.783. The van der Waals surface area contributed by atoms with Gasteiger partial charge in [0.2, 0.25) is 5.56 Å². The van der Waals surface area contributed by atoms with Gasteiger partial charge in [-0.3, -0.25) is 9.59 Å². The van der Waals surface area contributed by atoms with E-state index in [4.69, 9.17) is 0 Å². The van der Waals surface area contributed by atoms with Gasteiger partial charge in [0.05, 0.1) is 5.56 Å². The average Bonchev–Trinajstić information content (AvgIpc) is 2.48. The molecule has 0 bridgehead atoms. The van der Waals surface area contributed by atoms with E-state index in [1.54, 1.807) is 0 Å². The minimum Gasteiger partial charge on any atom is -0.480 e. The highest BCUT2D eigenvalue weighted by Crippen LogP contribution is 2.34. The monoisotopic (exact) mass is 292 g/mol. The molecule has 0 unspecified atom stereocenters. The first-order valence-corrected chi connectivity index (χ1v) is 7.21. The molecule has 1 aromatic rings. The van der Waals surface area contributed by atoms with Crippen molar-refractivity contribution in [2.45, 2.75) is 44.6 Å². The van der Waals surface area contributed by atoms with Gasteiger partial charge in [-0.05, 0) is 37.7 Å². The predicted octanol–water partition coefficient (Wildman–Crippen LogP) is 1.53. The molecule has 21 heavy (non-hydrogen) atoms. The lowest BCUT2D eigenvalue weighted by Crippen LogP contribution is -2.56. The van der Waals surface area contributed by atoms with Gasteiger partial charge in [-0.25, -0.2) is 4.79 Å². The molecular weight excluding hydrogens is 272 g/mol. The van der Waals surface area contributed by atoms with Crippen LogP contribution in [0.1, 0.15) is 49.4 Å². The van der Waals surface area contributed by atoms with E-state index in [1.165, 1.54) is 18.3 Å². The number of hydrogen-bond donors (Lipinski definition) is 3. The molecule has 6 nitrogen and oxygen atoms in total. The fourth-order valence-electron chi connectivity index (χ4n) is 2.81. The molecule has 0 spiro atoms. The Labute approximate surface area is 122 Å². The number of aromatic amines is 1. The first-order valence-electron chi connectivity index (χ1n) is 7.21. The van der Waals surface area contributed by atoms with Gasteiger partial charge in [-0.15, -0.1) is 0 Å². The van der Waals surface area contributed by atoms with E-state index >= 15 is 0 Å². The molecule has 1 heterocycles. The molecule has 6 heteroatoms. The van der Waals surface area contributed by atoms with Crippen molar-refractivity contribution in [2.24, 2.45) is 5.92 Å². The summed E-state index contributed by atoms with van der Waals surface area (Å²) in [5, 5.41) is 12.2. The van der Waals surface area contributed by atoms with Gasteiger partial charge in [0.25, 0.3) is 5.91 Å². The van der Waals surface area contributed by atoms with Crippen molar-refractivity contribution in [3.63, 3.8) is 0 Å². The number of H-pyrrole nitrogens is 1. The molecule has 0 aromatic carbocycles. The molecule has 1 aromatic heterocycles. The maximum atomic E-state index is 12.2. The second-order valence-corrected chi connectivity index (χ2v) is 5.63. The first-order chi connectivity index (χ1) is 9.97. The Kier molecular flexibility index (Phi) is 4.45. The van der Waals surface area contributed by atoms with Gasteiger partial charge in [0.15, 0.2) is 0 Å². The van der Waals surface area contributed by atoms with Crippen molar-refractivity contribution < 1.29 is 14.7 Å². The predicted molar refractivity (Wildman–Crippen MR) is 77.1 cm³/mol. The first kappa shape index (κ1) is 15.3. The number of aromatic nitrogens is 1. The molecule has 0 saturated heterocycles. The van der Waals surface area contributed by atoms with Gasteiger partial charge >= 0.3 is 5.97 Å². The van der Waals surface area contributed by atoms with E-state index < -0.39 is 17.4 Å². The summed E-state index contributed by atoms with van der Waals surface area (Å²) in [6.07, 6.45) is 4.81. The summed E-state index contributed by atoms with van der Waals surface area (Å²) in [6, 6.07) is 2.64. The van der Waals surface area contributed by atoms with Crippen molar-refractivity contribution >= 4 is 11.9 Å². The number of hydrogen-bond acceptors (Lipinski definition) is 3. The highest BCUT2D eigenvalue weighted by Gasteiger charge is 2.43. The zero-order chi connectivity index (χ0) is 15.5. The number of carbonyl (C=O) groups is 2. The molecule has 1 fully saturated rings. The Morgan fingerprint density at radius 3 is 2.52 bits per heavy atom. The molecule has 1 aliphatic carbocycles. The van der Waals surface area contributed by atoms with Crippen molar-refractivity contribution in [2.75, 3.05) is 0 Å². The lowest BCUT2D eigenvalue weighted by atomic mass is 9.75. The third-order valence-corrected chi connectivity index (χ3v) is 4.34. The molecule has 3 N–H and O–H groups in total. The lowest BCUT2D eigenvalue weighted by Gasteiger charge is -2.37. The van der Waals surface area contributed by atoms with Crippen LogP contribution in [0.3, 0.4) is 0 Å². The van der Waals surface area contributed by atoms with Crippen LogP contribution in [-0.4, -0.2) is 27.5 Å².